The molecule has 2 aromatic rings. The number of nitrogens with two attached hydrogens (primary N) is 1. The second kappa shape index (κ2) is 5.39. The average molecular weight is 322 g/mol. The van der Waals surface area contributed by atoms with Crippen LogP contribution in [-0.2, 0) is 6.18 Å². The number of halogens is 6. The van der Waals surface area contributed by atoms with E-state index in [9.17, 15) is 26.3 Å². The Hall–Kier alpha value is -2.45. The van der Waals surface area contributed by atoms with E-state index < -0.39 is 29.7 Å². The van der Waals surface area contributed by atoms with E-state index in [-0.39, 0.29) is 11.1 Å². The van der Waals surface area contributed by atoms with Crippen molar-refractivity contribution in [2.45, 2.75) is 12.5 Å². The van der Waals surface area contributed by atoms with Crippen molar-refractivity contribution >= 4 is 5.69 Å². The fourth-order valence-electron chi connectivity index (χ4n) is 1.79. The van der Waals surface area contributed by atoms with E-state index in [1.54, 1.807) is 0 Å². The zero-order valence-corrected chi connectivity index (χ0v) is 10.7. The summed E-state index contributed by atoms with van der Waals surface area (Å²) in [4.78, 5) is 3.18. The standard InChI is InChI=1S/C13H8F6N2O/c14-12(15,16)11-10(20)9(5-6-21-11)7-1-3-8(4-2-7)22-13(17,18)19/h1-6H,20H2. The Balaban J connectivity index is 2.37. The van der Waals surface area contributed by atoms with Crippen molar-refractivity contribution < 1.29 is 31.1 Å². The van der Waals surface area contributed by atoms with Crippen molar-refractivity contribution in [3.63, 3.8) is 0 Å². The molecule has 0 radical (unpaired) electrons. The summed E-state index contributed by atoms with van der Waals surface area (Å²) in [6.07, 6.45) is -8.64. The number of nitrogen functional groups attached to an aromatic ring is 1. The third kappa shape index (κ3) is 3.60. The molecule has 1 heterocycles. The number of nitrogens with zero attached hydrogens (tertiary/aromatic N) is 1. The first-order chi connectivity index (χ1) is 10.1. The second-order valence-electron chi connectivity index (χ2n) is 4.19. The normalized spacial score (nSPS) is 12.3. The molecule has 2 N–H and O–H groups in total. The lowest BCUT2D eigenvalue weighted by atomic mass is 10.0. The number of ether oxygens (including phenoxy) is 1. The fourth-order valence-corrected chi connectivity index (χ4v) is 1.79. The summed E-state index contributed by atoms with van der Waals surface area (Å²) in [5, 5.41) is 0. The molecule has 0 amide bonds. The molecular weight excluding hydrogens is 314 g/mol. The van der Waals surface area contributed by atoms with Gasteiger partial charge in [0.1, 0.15) is 5.75 Å². The highest BCUT2D eigenvalue weighted by atomic mass is 19.4. The van der Waals surface area contributed by atoms with Crippen molar-refractivity contribution in [2.24, 2.45) is 0 Å². The van der Waals surface area contributed by atoms with Gasteiger partial charge in [-0.05, 0) is 23.8 Å². The summed E-state index contributed by atoms with van der Waals surface area (Å²) >= 11 is 0. The minimum absolute atomic E-state index is 0.0147. The molecule has 0 aliphatic heterocycles. The summed E-state index contributed by atoms with van der Waals surface area (Å²) in [5.41, 5.74) is 3.82. The molecule has 0 aliphatic carbocycles. The Morgan fingerprint density at radius 2 is 1.50 bits per heavy atom. The van der Waals surface area contributed by atoms with Crippen molar-refractivity contribution in [3.05, 3.63) is 42.2 Å². The van der Waals surface area contributed by atoms with E-state index in [2.05, 4.69) is 9.72 Å². The SMILES string of the molecule is Nc1c(-c2ccc(OC(F)(F)F)cc2)ccnc1C(F)(F)F. The molecule has 0 fully saturated rings. The van der Waals surface area contributed by atoms with Crippen LogP contribution in [0.1, 0.15) is 5.69 Å². The van der Waals surface area contributed by atoms with E-state index in [1.165, 1.54) is 18.2 Å². The monoisotopic (exact) mass is 322 g/mol. The summed E-state index contributed by atoms with van der Waals surface area (Å²) in [6, 6.07) is 5.55. The van der Waals surface area contributed by atoms with Crippen LogP contribution < -0.4 is 10.5 Å². The van der Waals surface area contributed by atoms with Crippen LogP contribution in [0.2, 0.25) is 0 Å². The maximum Gasteiger partial charge on any atom is 0.573 e. The zero-order valence-electron chi connectivity index (χ0n) is 10.7. The molecule has 0 aliphatic rings. The fraction of sp³-hybridized carbons (Fsp3) is 0.154. The number of alkyl halides is 6. The molecule has 0 saturated heterocycles. The largest absolute Gasteiger partial charge is 0.573 e. The van der Waals surface area contributed by atoms with E-state index in [0.717, 1.165) is 18.3 Å². The van der Waals surface area contributed by atoms with Crippen molar-refractivity contribution in [3.8, 4) is 16.9 Å². The minimum Gasteiger partial charge on any atom is -0.406 e. The lowest BCUT2D eigenvalue weighted by Crippen LogP contribution is -2.17. The lowest BCUT2D eigenvalue weighted by molar-refractivity contribution is -0.274. The van der Waals surface area contributed by atoms with Crippen LogP contribution in [0.15, 0.2) is 36.5 Å². The van der Waals surface area contributed by atoms with Gasteiger partial charge in [0.2, 0.25) is 0 Å². The molecule has 0 unspecified atom stereocenters. The van der Waals surface area contributed by atoms with Gasteiger partial charge < -0.3 is 10.5 Å². The maximum atomic E-state index is 12.7. The summed E-state index contributed by atoms with van der Waals surface area (Å²) < 4.78 is 77.9. The van der Waals surface area contributed by atoms with Crippen molar-refractivity contribution in [2.75, 3.05) is 5.73 Å². The van der Waals surface area contributed by atoms with Crippen LogP contribution in [0, 0.1) is 0 Å². The molecule has 0 saturated carbocycles. The van der Waals surface area contributed by atoms with Gasteiger partial charge in [0.15, 0.2) is 5.69 Å². The number of hydrogen-bond acceptors (Lipinski definition) is 3. The number of pyridine rings is 1. The lowest BCUT2D eigenvalue weighted by Gasteiger charge is -2.13. The predicted octanol–water partition coefficient (Wildman–Crippen LogP) is 4.25. The van der Waals surface area contributed by atoms with E-state index in [0.29, 0.717) is 0 Å². The minimum atomic E-state index is -4.85. The molecule has 0 atom stereocenters. The van der Waals surface area contributed by atoms with Crippen LogP contribution in [0.5, 0.6) is 5.75 Å². The third-order valence-corrected chi connectivity index (χ3v) is 2.66. The maximum absolute atomic E-state index is 12.7. The smallest absolute Gasteiger partial charge is 0.406 e. The molecule has 3 nitrogen and oxygen atoms in total. The molecule has 0 bridgehead atoms. The highest BCUT2D eigenvalue weighted by molar-refractivity contribution is 5.78. The number of aromatic nitrogens is 1. The van der Waals surface area contributed by atoms with Gasteiger partial charge in [-0.3, -0.25) is 0 Å². The van der Waals surface area contributed by atoms with E-state index >= 15 is 0 Å². The molecular formula is C13H8F6N2O. The topological polar surface area (TPSA) is 48.1 Å². The van der Waals surface area contributed by atoms with Crippen LogP contribution in [0.4, 0.5) is 32.0 Å². The molecule has 0 spiro atoms. The van der Waals surface area contributed by atoms with Crippen molar-refractivity contribution in [1.82, 2.24) is 4.98 Å². The van der Waals surface area contributed by atoms with E-state index in [4.69, 9.17) is 5.73 Å². The average Bonchev–Trinajstić information content (AvgIpc) is 2.37. The molecule has 1 aromatic heterocycles. The number of benzene rings is 1. The van der Waals surface area contributed by atoms with Gasteiger partial charge in [0.25, 0.3) is 0 Å². The first-order valence-corrected chi connectivity index (χ1v) is 5.76. The molecule has 118 valence electrons. The quantitative estimate of drug-likeness (QED) is 0.841. The molecule has 22 heavy (non-hydrogen) atoms. The van der Waals surface area contributed by atoms with Gasteiger partial charge in [-0.2, -0.15) is 13.2 Å². The number of hydrogen-bond donors (Lipinski definition) is 1. The Kier molecular flexibility index (Phi) is 3.90. The molecule has 2 rings (SSSR count). The highest BCUT2D eigenvalue weighted by Crippen LogP contribution is 2.37. The second-order valence-corrected chi connectivity index (χ2v) is 4.19. The Morgan fingerprint density at radius 3 is 2.00 bits per heavy atom. The summed E-state index contributed by atoms with van der Waals surface area (Å²) in [6.45, 7) is 0. The van der Waals surface area contributed by atoms with Gasteiger partial charge in [-0.15, -0.1) is 13.2 Å². The Labute approximate surface area is 120 Å². The van der Waals surface area contributed by atoms with Crippen LogP contribution in [-0.4, -0.2) is 11.3 Å². The van der Waals surface area contributed by atoms with E-state index in [1.807, 2.05) is 0 Å². The molecule has 9 heteroatoms. The van der Waals surface area contributed by atoms with Gasteiger partial charge in [0.05, 0.1) is 5.69 Å². The Bertz CT molecular complexity index is 664. The predicted molar refractivity (Wildman–Crippen MR) is 65.8 cm³/mol. The Morgan fingerprint density at radius 1 is 0.909 bits per heavy atom. The van der Waals surface area contributed by atoms with Gasteiger partial charge in [-0.1, -0.05) is 12.1 Å². The van der Waals surface area contributed by atoms with Gasteiger partial charge >= 0.3 is 12.5 Å². The van der Waals surface area contributed by atoms with Gasteiger partial charge in [0, 0.05) is 11.8 Å². The van der Waals surface area contributed by atoms with Crippen LogP contribution >= 0.6 is 0 Å². The van der Waals surface area contributed by atoms with Crippen molar-refractivity contribution in [1.29, 1.82) is 0 Å². The summed E-state index contributed by atoms with van der Waals surface area (Å²) in [7, 11) is 0. The number of anilines is 1. The molecule has 1 aromatic carbocycles. The highest BCUT2D eigenvalue weighted by Gasteiger charge is 2.36. The number of rotatable bonds is 2. The summed E-state index contributed by atoms with van der Waals surface area (Å²) in [5.74, 6) is -0.486. The third-order valence-electron chi connectivity index (χ3n) is 2.66. The van der Waals surface area contributed by atoms with Crippen LogP contribution in [0.3, 0.4) is 0 Å². The van der Waals surface area contributed by atoms with Gasteiger partial charge in [-0.25, -0.2) is 4.98 Å². The first kappa shape index (κ1) is 15.9. The first-order valence-electron chi connectivity index (χ1n) is 5.76. The zero-order chi connectivity index (χ0) is 16.5. The van der Waals surface area contributed by atoms with Crippen LogP contribution in [0.25, 0.3) is 11.1 Å².